The van der Waals surface area contributed by atoms with Crippen molar-refractivity contribution in [3.05, 3.63) is 47.3 Å². The fraction of sp³-hybridized carbons (Fsp3) is 0.500. The number of carbonyl (C=O) groups is 1. The normalized spacial score (nSPS) is 12.2. The lowest BCUT2D eigenvalue weighted by Gasteiger charge is -2.28. The van der Waals surface area contributed by atoms with E-state index >= 15 is 0 Å². The van der Waals surface area contributed by atoms with Crippen molar-refractivity contribution in [1.29, 1.82) is 0 Å². The Hall–Kier alpha value is -2.21. The van der Waals surface area contributed by atoms with Crippen LogP contribution in [0.4, 0.5) is 0 Å². The van der Waals surface area contributed by atoms with Crippen molar-refractivity contribution in [1.82, 2.24) is 20.3 Å². The first-order chi connectivity index (χ1) is 11.1. The summed E-state index contributed by atoms with van der Waals surface area (Å²) in [6.07, 6.45) is 1.56. The summed E-state index contributed by atoms with van der Waals surface area (Å²) in [5.41, 5.74) is 2.35. The number of aromatic nitrogens is 3. The number of hydrogen-bond acceptors (Lipinski definition) is 4. The number of benzene rings is 1. The molecule has 0 atom stereocenters. The summed E-state index contributed by atoms with van der Waals surface area (Å²) in [6.45, 7) is 10.3. The summed E-state index contributed by atoms with van der Waals surface area (Å²) in [7, 11) is 0. The zero-order chi connectivity index (χ0) is 18.0. The molecule has 1 amide bonds. The van der Waals surface area contributed by atoms with Crippen LogP contribution < -0.4 is 5.32 Å². The lowest BCUT2D eigenvalue weighted by Crippen LogP contribution is -2.42. The molecule has 1 heterocycles. The molecule has 6 nitrogen and oxygen atoms in total. The van der Waals surface area contributed by atoms with E-state index in [0.717, 1.165) is 5.56 Å². The van der Waals surface area contributed by atoms with Crippen LogP contribution >= 0.6 is 0 Å². The molecule has 130 valence electrons. The first-order valence-corrected chi connectivity index (χ1v) is 8.04. The molecule has 24 heavy (non-hydrogen) atoms. The van der Waals surface area contributed by atoms with Gasteiger partial charge in [0, 0.05) is 0 Å². The van der Waals surface area contributed by atoms with E-state index in [1.165, 1.54) is 10.2 Å². The zero-order valence-corrected chi connectivity index (χ0v) is 15.0. The third kappa shape index (κ3) is 4.41. The Morgan fingerprint density at radius 1 is 1.12 bits per heavy atom. The van der Waals surface area contributed by atoms with Gasteiger partial charge in [0.25, 0.3) is 0 Å². The predicted octanol–water partition coefficient (Wildman–Crippen LogP) is 2.12. The molecule has 0 spiro atoms. The molecule has 2 aromatic rings. The Morgan fingerprint density at radius 2 is 1.71 bits per heavy atom. The molecule has 6 heteroatoms. The molecule has 1 aromatic carbocycles. The smallest absolute Gasteiger partial charge is 0.242 e. The van der Waals surface area contributed by atoms with Gasteiger partial charge in [0.05, 0.1) is 18.3 Å². The summed E-state index contributed by atoms with van der Waals surface area (Å²) in [5.74, 6) is -0.158. The highest BCUT2D eigenvalue weighted by Gasteiger charge is 2.24. The van der Waals surface area contributed by atoms with E-state index < -0.39 is 5.54 Å². The second-order valence-corrected chi connectivity index (χ2v) is 7.57. The first-order valence-electron chi connectivity index (χ1n) is 8.04. The number of aliphatic hydroxyl groups excluding tert-OH is 1. The van der Waals surface area contributed by atoms with Crippen molar-refractivity contribution >= 4 is 5.91 Å². The SMILES string of the molecule is CC(C)(C)c1ccc(C(C)(C)NC(=O)Cn2cc(CO)nn2)cc1. The van der Waals surface area contributed by atoms with Crippen molar-refractivity contribution in [3.63, 3.8) is 0 Å². The van der Waals surface area contributed by atoms with Crippen LogP contribution in [-0.4, -0.2) is 26.0 Å². The summed E-state index contributed by atoms with van der Waals surface area (Å²) in [4.78, 5) is 12.3. The molecule has 0 unspecified atom stereocenters. The first kappa shape index (κ1) is 18.1. The molecule has 1 aromatic heterocycles. The van der Waals surface area contributed by atoms with Gasteiger partial charge in [-0.25, -0.2) is 4.68 Å². The number of hydrogen-bond donors (Lipinski definition) is 2. The van der Waals surface area contributed by atoms with Crippen molar-refractivity contribution in [2.24, 2.45) is 0 Å². The van der Waals surface area contributed by atoms with Crippen LogP contribution in [-0.2, 0) is 28.9 Å². The van der Waals surface area contributed by atoms with Gasteiger partial charge in [0.1, 0.15) is 12.2 Å². The minimum absolute atomic E-state index is 0.0660. The maximum Gasteiger partial charge on any atom is 0.242 e. The number of rotatable bonds is 5. The molecule has 2 rings (SSSR count). The molecule has 0 bridgehead atoms. The molecule has 0 aliphatic heterocycles. The number of aliphatic hydroxyl groups is 1. The highest BCUT2D eigenvalue weighted by Crippen LogP contribution is 2.26. The van der Waals surface area contributed by atoms with Crippen LogP contribution in [0, 0.1) is 0 Å². The molecule has 0 saturated heterocycles. The van der Waals surface area contributed by atoms with Gasteiger partial charge in [-0.2, -0.15) is 0 Å². The standard InChI is InChI=1S/C18H26N4O2/c1-17(2,3)13-6-8-14(9-7-13)18(4,5)19-16(24)11-22-10-15(12-23)20-21-22/h6-10,23H,11-12H2,1-5H3,(H,19,24). The van der Waals surface area contributed by atoms with Gasteiger partial charge in [-0.05, 0) is 30.4 Å². The highest BCUT2D eigenvalue weighted by atomic mass is 16.3. The van der Waals surface area contributed by atoms with Crippen LogP contribution in [0.5, 0.6) is 0 Å². The van der Waals surface area contributed by atoms with Crippen molar-refractivity contribution in [2.75, 3.05) is 0 Å². The van der Waals surface area contributed by atoms with E-state index in [0.29, 0.717) is 5.69 Å². The second-order valence-electron chi connectivity index (χ2n) is 7.57. The van der Waals surface area contributed by atoms with Gasteiger partial charge >= 0.3 is 0 Å². The van der Waals surface area contributed by atoms with E-state index in [-0.39, 0.29) is 24.5 Å². The van der Waals surface area contributed by atoms with Crippen LogP contribution in [0.15, 0.2) is 30.5 Å². The minimum Gasteiger partial charge on any atom is -0.390 e. The molecule has 0 fully saturated rings. The number of amides is 1. The lowest BCUT2D eigenvalue weighted by molar-refractivity contribution is -0.123. The average Bonchev–Trinajstić information content (AvgIpc) is 2.93. The quantitative estimate of drug-likeness (QED) is 0.880. The third-order valence-corrected chi connectivity index (χ3v) is 3.98. The Kier molecular flexibility index (Phi) is 5.08. The fourth-order valence-electron chi connectivity index (χ4n) is 2.48. The van der Waals surface area contributed by atoms with E-state index in [2.05, 4.69) is 60.7 Å². The molecular weight excluding hydrogens is 304 g/mol. The predicted molar refractivity (Wildman–Crippen MR) is 92.3 cm³/mol. The number of nitrogens with one attached hydrogen (secondary N) is 1. The van der Waals surface area contributed by atoms with E-state index in [1.807, 2.05) is 13.8 Å². The number of nitrogens with zero attached hydrogens (tertiary/aromatic N) is 3. The summed E-state index contributed by atoms with van der Waals surface area (Å²) < 4.78 is 1.42. The average molecular weight is 330 g/mol. The van der Waals surface area contributed by atoms with E-state index in [1.54, 1.807) is 6.20 Å². The van der Waals surface area contributed by atoms with Crippen molar-refractivity contribution in [3.8, 4) is 0 Å². The molecule has 0 saturated carbocycles. The van der Waals surface area contributed by atoms with Crippen LogP contribution in [0.2, 0.25) is 0 Å². The number of carbonyl (C=O) groups excluding carboxylic acids is 1. The Balaban J connectivity index is 2.05. The maximum absolute atomic E-state index is 12.3. The summed E-state index contributed by atoms with van der Waals surface area (Å²) in [5, 5.41) is 19.6. The van der Waals surface area contributed by atoms with Gasteiger partial charge in [-0.1, -0.05) is 50.3 Å². The van der Waals surface area contributed by atoms with Crippen LogP contribution in [0.3, 0.4) is 0 Å². The molecule has 0 aliphatic rings. The summed E-state index contributed by atoms with van der Waals surface area (Å²) >= 11 is 0. The third-order valence-electron chi connectivity index (χ3n) is 3.98. The Morgan fingerprint density at radius 3 is 2.21 bits per heavy atom. The van der Waals surface area contributed by atoms with Gasteiger partial charge in [0.2, 0.25) is 5.91 Å². The molecule has 0 radical (unpaired) electrons. The van der Waals surface area contributed by atoms with Crippen molar-refractivity contribution in [2.45, 2.75) is 58.7 Å². The van der Waals surface area contributed by atoms with Crippen LogP contribution in [0.25, 0.3) is 0 Å². The largest absolute Gasteiger partial charge is 0.390 e. The summed E-state index contributed by atoms with van der Waals surface area (Å²) in [6, 6.07) is 8.32. The van der Waals surface area contributed by atoms with Crippen molar-refractivity contribution < 1.29 is 9.90 Å². The lowest BCUT2D eigenvalue weighted by atomic mass is 9.84. The molecule has 2 N–H and O–H groups in total. The van der Waals surface area contributed by atoms with Crippen LogP contribution in [0.1, 0.15) is 51.4 Å². The fourth-order valence-corrected chi connectivity index (χ4v) is 2.48. The zero-order valence-electron chi connectivity index (χ0n) is 15.0. The second kappa shape index (κ2) is 6.73. The van der Waals surface area contributed by atoms with Gasteiger partial charge < -0.3 is 10.4 Å². The topological polar surface area (TPSA) is 80.0 Å². The van der Waals surface area contributed by atoms with Gasteiger partial charge in [-0.3, -0.25) is 4.79 Å². The molecular formula is C18H26N4O2. The monoisotopic (exact) mass is 330 g/mol. The Labute approximate surface area is 142 Å². The van der Waals surface area contributed by atoms with Gasteiger partial charge in [-0.15, -0.1) is 5.10 Å². The minimum atomic E-state index is -0.492. The maximum atomic E-state index is 12.3. The van der Waals surface area contributed by atoms with E-state index in [9.17, 15) is 4.79 Å². The van der Waals surface area contributed by atoms with E-state index in [4.69, 9.17) is 5.11 Å². The molecule has 0 aliphatic carbocycles. The van der Waals surface area contributed by atoms with Gasteiger partial charge in [0.15, 0.2) is 0 Å². The Bertz CT molecular complexity index is 697. The highest BCUT2D eigenvalue weighted by molar-refractivity contribution is 5.76.